The third-order valence-corrected chi connectivity index (χ3v) is 4.91. The molecule has 19 heavy (non-hydrogen) atoms. The standard InChI is InChI=1S/C14H14BrFN2S/c15-10-7-9(4-5-11(10)16)13-8-19-14(18-13)12-3-1-2-6-17-12/h4-5,7-8,12,17H,1-3,6H2. The molecule has 1 saturated heterocycles. The summed E-state index contributed by atoms with van der Waals surface area (Å²) in [6, 6.07) is 5.41. The minimum Gasteiger partial charge on any atom is -0.308 e. The van der Waals surface area contributed by atoms with Gasteiger partial charge in [-0.05, 0) is 53.5 Å². The first-order valence-corrected chi connectivity index (χ1v) is 8.05. The van der Waals surface area contributed by atoms with Gasteiger partial charge in [0.05, 0.1) is 16.2 Å². The van der Waals surface area contributed by atoms with Crippen LogP contribution in [0.15, 0.2) is 28.1 Å². The van der Waals surface area contributed by atoms with Crippen molar-refractivity contribution in [2.24, 2.45) is 0 Å². The number of nitrogens with zero attached hydrogens (tertiary/aromatic N) is 1. The van der Waals surface area contributed by atoms with E-state index in [0.29, 0.717) is 10.5 Å². The summed E-state index contributed by atoms with van der Waals surface area (Å²) in [5.41, 5.74) is 1.87. The van der Waals surface area contributed by atoms with Gasteiger partial charge in [0.2, 0.25) is 0 Å². The van der Waals surface area contributed by atoms with Crippen molar-refractivity contribution < 1.29 is 4.39 Å². The average Bonchev–Trinajstić information content (AvgIpc) is 2.93. The second-order valence-electron chi connectivity index (χ2n) is 4.70. The van der Waals surface area contributed by atoms with Crippen LogP contribution in [-0.4, -0.2) is 11.5 Å². The van der Waals surface area contributed by atoms with E-state index in [1.165, 1.54) is 18.9 Å². The van der Waals surface area contributed by atoms with Crippen molar-refractivity contribution in [3.05, 3.63) is 38.9 Å². The zero-order valence-electron chi connectivity index (χ0n) is 10.3. The minimum atomic E-state index is -0.242. The van der Waals surface area contributed by atoms with Gasteiger partial charge in [-0.25, -0.2) is 9.37 Å². The maximum absolute atomic E-state index is 13.2. The second-order valence-corrected chi connectivity index (χ2v) is 6.45. The van der Waals surface area contributed by atoms with E-state index in [2.05, 4.69) is 26.2 Å². The van der Waals surface area contributed by atoms with Gasteiger partial charge in [0.25, 0.3) is 0 Å². The van der Waals surface area contributed by atoms with Gasteiger partial charge < -0.3 is 5.32 Å². The number of halogens is 2. The van der Waals surface area contributed by atoms with Crippen molar-refractivity contribution in [3.63, 3.8) is 0 Å². The van der Waals surface area contributed by atoms with E-state index in [0.717, 1.165) is 29.2 Å². The number of hydrogen-bond donors (Lipinski definition) is 1. The molecule has 0 amide bonds. The van der Waals surface area contributed by atoms with Gasteiger partial charge in [-0.2, -0.15) is 0 Å². The molecule has 1 aromatic heterocycles. The molecule has 0 aliphatic carbocycles. The van der Waals surface area contributed by atoms with Crippen LogP contribution in [-0.2, 0) is 0 Å². The van der Waals surface area contributed by atoms with Crippen LogP contribution in [0.2, 0.25) is 0 Å². The average molecular weight is 341 g/mol. The van der Waals surface area contributed by atoms with Gasteiger partial charge >= 0.3 is 0 Å². The third kappa shape index (κ3) is 2.88. The highest BCUT2D eigenvalue weighted by atomic mass is 79.9. The molecule has 1 aliphatic heterocycles. The highest BCUT2D eigenvalue weighted by molar-refractivity contribution is 9.10. The lowest BCUT2D eigenvalue weighted by Gasteiger charge is -2.21. The lowest BCUT2D eigenvalue weighted by atomic mass is 10.1. The van der Waals surface area contributed by atoms with Crippen molar-refractivity contribution >= 4 is 27.3 Å². The number of aromatic nitrogens is 1. The molecule has 2 aromatic rings. The Bertz CT molecular complexity index is 579. The highest BCUT2D eigenvalue weighted by Gasteiger charge is 2.18. The summed E-state index contributed by atoms with van der Waals surface area (Å²) < 4.78 is 13.7. The summed E-state index contributed by atoms with van der Waals surface area (Å²) in [5, 5.41) is 6.68. The molecule has 2 heterocycles. The molecule has 100 valence electrons. The lowest BCUT2D eigenvalue weighted by Crippen LogP contribution is -2.26. The van der Waals surface area contributed by atoms with Gasteiger partial charge in [0, 0.05) is 10.9 Å². The molecule has 0 saturated carbocycles. The topological polar surface area (TPSA) is 24.9 Å². The Kier molecular flexibility index (Phi) is 3.96. The van der Waals surface area contributed by atoms with Crippen LogP contribution >= 0.6 is 27.3 Å². The molecular weight excluding hydrogens is 327 g/mol. The Morgan fingerprint density at radius 1 is 1.37 bits per heavy atom. The maximum Gasteiger partial charge on any atom is 0.137 e. The summed E-state index contributed by atoms with van der Waals surface area (Å²) in [4.78, 5) is 4.69. The van der Waals surface area contributed by atoms with Crippen LogP contribution in [0.5, 0.6) is 0 Å². The van der Waals surface area contributed by atoms with E-state index in [-0.39, 0.29) is 5.82 Å². The van der Waals surface area contributed by atoms with Gasteiger partial charge in [-0.3, -0.25) is 0 Å². The van der Waals surface area contributed by atoms with E-state index in [1.807, 2.05) is 5.38 Å². The number of rotatable bonds is 2. The monoisotopic (exact) mass is 340 g/mol. The van der Waals surface area contributed by atoms with Crippen molar-refractivity contribution in [2.45, 2.75) is 25.3 Å². The van der Waals surface area contributed by atoms with Crippen molar-refractivity contribution in [1.82, 2.24) is 10.3 Å². The fraction of sp³-hybridized carbons (Fsp3) is 0.357. The van der Waals surface area contributed by atoms with E-state index >= 15 is 0 Å². The molecule has 5 heteroatoms. The molecule has 2 nitrogen and oxygen atoms in total. The zero-order valence-corrected chi connectivity index (χ0v) is 12.7. The normalized spacial score (nSPS) is 19.6. The molecule has 0 radical (unpaired) electrons. The number of hydrogen-bond acceptors (Lipinski definition) is 3. The van der Waals surface area contributed by atoms with Crippen LogP contribution in [0.1, 0.15) is 30.3 Å². The smallest absolute Gasteiger partial charge is 0.137 e. The van der Waals surface area contributed by atoms with Crippen LogP contribution in [0.3, 0.4) is 0 Å². The molecule has 1 aliphatic rings. The molecule has 1 unspecified atom stereocenters. The summed E-state index contributed by atoms with van der Waals surface area (Å²) in [6.45, 7) is 1.07. The van der Waals surface area contributed by atoms with Crippen LogP contribution in [0, 0.1) is 5.82 Å². The van der Waals surface area contributed by atoms with Crippen molar-refractivity contribution in [1.29, 1.82) is 0 Å². The van der Waals surface area contributed by atoms with Crippen LogP contribution in [0.4, 0.5) is 4.39 Å². The maximum atomic E-state index is 13.2. The van der Waals surface area contributed by atoms with Crippen molar-refractivity contribution in [3.8, 4) is 11.3 Å². The Morgan fingerprint density at radius 3 is 3.00 bits per heavy atom. The van der Waals surface area contributed by atoms with Gasteiger partial charge in [0.1, 0.15) is 10.8 Å². The Labute approximate surface area is 124 Å². The first-order chi connectivity index (χ1) is 9.24. The third-order valence-electron chi connectivity index (χ3n) is 3.35. The summed E-state index contributed by atoms with van der Waals surface area (Å²) in [6.07, 6.45) is 3.66. The second kappa shape index (κ2) is 5.69. The zero-order chi connectivity index (χ0) is 13.2. The number of benzene rings is 1. The Hall–Kier alpha value is -0.780. The quantitative estimate of drug-likeness (QED) is 0.868. The van der Waals surface area contributed by atoms with Crippen LogP contribution in [0.25, 0.3) is 11.3 Å². The first-order valence-electron chi connectivity index (χ1n) is 6.38. The van der Waals surface area contributed by atoms with Gasteiger partial charge in [-0.15, -0.1) is 11.3 Å². The summed E-state index contributed by atoms with van der Waals surface area (Å²) in [5.74, 6) is -0.242. The fourth-order valence-corrected chi connectivity index (χ4v) is 3.61. The van der Waals surface area contributed by atoms with Gasteiger partial charge in [0.15, 0.2) is 0 Å². The SMILES string of the molecule is Fc1ccc(-c2csc(C3CCCCN3)n2)cc1Br. The molecular formula is C14H14BrFN2S. The van der Waals surface area contributed by atoms with Crippen LogP contribution < -0.4 is 5.32 Å². The number of piperidine rings is 1. The Morgan fingerprint density at radius 2 is 2.26 bits per heavy atom. The van der Waals surface area contributed by atoms with E-state index in [4.69, 9.17) is 0 Å². The fourth-order valence-electron chi connectivity index (χ4n) is 2.30. The first kappa shape index (κ1) is 13.2. The van der Waals surface area contributed by atoms with E-state index in [1.54, 1.807) is 23.5 Å². The molecule has 1 aromatic carbocycles. The molecule has 1 fully saturated rings. The molecule has 3 rings (SSSR count). The molecule has 0 bridgehead atoms. The van der Waals surface area contributed by atoms with E-state index in [9.17, 15) is 4.39 Å². The summed E-state index contributed by atoms with van der Waals surface area (Å²) in [7, 11) is 0. The van der Waals surface area contributed by atoms with Crippen molar-refractivity contribution in [2.75, 3.05) is 6.54 Å². The number of nitrogens with one attached hydrogen (secondary N) is 1. The predicted molar refractivity (Wildman–Crippen MR) is 79.8 cm³/mol. The lowest BCUT2D eigenvalue weighted by molar-refractivity contribution is 0.411. The Balaban J connectivity index is 1.85. The minimum absolute atomic E-state index is 0.242. The molecule has 1 atom stereocenters. The van der Waals surface area contributed by atoms with E-state index < -0.39 is 0 Å². The highest BCUT2D eigenvalue weighted by Crippen LogP contribution is 2.31. The predicted octanol–water partition coefficient (Wildman–Crippen LogP) is 4.53. The largest absolute Gasteiger partial charge is 0.308 e. The summed E-state index contributed by atoms with van der Waals surface area (Å²) >= 11 is 4.89. The van der Waals surface area contributed by atoms with Gasteiger partial charge in [-0.1, -0.05) is 6.42 Å². The molecule has 0 spiro atoms. The number of thiazole rings is 1. The molecule has 1 N–H and O–H groups in total.